The van der Waals surface area contributed by atoms with Gasteiger partial charge < -0.3 is 19.7 Å². The zero-order valence-electron chi connectivity index (χ0n) is 21.9. The maximum absolute atomic E-state index is 13.3. The van der Waals surface area contributed by atoms with Crippen LogP contribution in [0.2, 0.25) is 0 Å². The zero-order chi connectivity index (χ0) is 30.5. The molecule has 1 heterocycles. The van der Waals surface area contributed by atoms with E-state index in [-0.39, 0.29) is 57.8 Å². The Balaban J connectivity index is 2.01. The Labute approximate surface area is 224 Å². The van der Waals surface area contributed by atoms with Gasteiger partial charge in [0.05, 0.1) is 5.56 Å². The second-order valence-corrected chi connectivity index (χ2v) is 10.1. The van der Waals surface area contributed by atoms with E-state index in [4.69, 9.17) is 4.74 Å². The Bertz CT molecular complexity index is 999. The fraction of sp³-hybridized carbons (Fsp3) is 0.667. The van der Waals surface area contributed by atoms with Crippen molar-refractivity contribution < 1.29 is 58.6 Å². The number of carbonyl (C=O) groups excluding carboxylic acids is 2. The van der Waals surface area contributed by atoms with Crippen molar-refractivity contribution in [3.8, 4) is 0 Å². The standard InChI is InChI=1S/C24H30F9N3O4/c1-21(2,3)40-18(37)5-4-8-34-17-13-16(22(25,26)27)7-6-15(17)14-35-9-11-36(12-10-35)20(38)39-19(23(28,29)30)24(31,32)33/h6-7,13,19,34H,4-5,8-12,14H2,1-3H3. The Kier molecular flexibility index (Phi) is 10.6. The van der Waals surface area contributed by atoms with Crippen molar-refractivity contribution >= 4 is 17.7 Å². The summed E-state index contributed by atoms with van der Waals surface area (Å²) in [6.45, 7) is 4.80. The van der Waals surface area contributed by atoms with Crippen LogP contribution in [0.3, 0.4) is 0 Å². The summed E-state index contributed by atoms with van der Waals surface area (Å²) in [5, 5.41) is 2.88. The summed E-state index contributed by atoms with van der Waals surface area (Å²) < 4.78 is 125. The first-order valence-electron chi connectivity index (χ1n) is 12.1. The number of amides is 1. The van der Waals surface area contributed by atoms with E-state index in [9.17, 15) is 49.1 Å². The van der Waals surface area contributed by atoms with Crippen molar-refractivity contribution in [2.75, 3.05) is 38.0 Å². The third-order valence-electron chi connectivity index (χ3n) is 5.57. The molecule has 0 aromatic heterocycles. The highest BCUT2D eigenvalue weighted by atomic mass is 19.4. The lowest BCUT2D eigenvalue weighted by atomic mass is 10.1. The minimum Gasteiger partial charge on any atom is -0.460 e. The van der Waals surface area contributed by atoms with Crippen molar-refractivity contribution in [1.29, 1.82) is 0 Å². The number of benzene rings is 1. The van der Waals surface area contributed by atoms with E-state index in [1.807, 2.05) is 0 Å². The Morgan fingerprint density at radius 2 is 1.50 bits per heavy atom. The topological polar surface area (TPSA) is 71.1 Å². The molecule has 7 nitrogen and oxygen atoms in total. The normalized spacial score (nSPS) is 15.8. The molecule has 16 heteroatoms. The molecule has 1 amide bonds. The summed E-state index contributed by atoms with van der Waals surface area (Å²) in [5.41, 5.74) is -1.03. The number of nitrogens with zero attached hydrogens (tertiary/aromatic N) is 2. The van der Waals surface area contributed by atoms with Crippen LogP contribution in [0.15, 0.2) is 18.2 Å². The predicted octanol–water partition coefficient (Wildman–Crippen LogP) is 5.99. The molecule has 0 saturated carbocycles. The Hall–Kier alpha value is -2.91. The molecule has 1 fully saturated rings. The summed E-state index contributed by atoms with van der Waals surface area (Å²) in [5.74, 6) is -0.466. The van der Waals surface area contributed by atoms with Gasteiger partial charge in [-0.3, -0.25) is 9.69 Å². The van der Waals surface area contributed by atoms with Gasteiger partial charge in [-0.25, -0.2) is 4.79 Å². The number of hydrogen-bond acceptors (Lipinski definition) is 6. The molecule has 0 unspecified atom stereocenters. The number of hydrogen-bond donors (Lipinski definition) is 1. The fourth-order valence-electron chi connectivity index (χ4n) is 3.73. The minimum atomic E-state index is -5.84. The summed E-state index contributed by atoms with van der Waals surface area (Å²) in [4.78, 5) is 26.2. The first-order valence-corrected chi connectivity index (χ1v) is 12.1. The van der Waals surface area contributed by atoms with Crippen LogP contribution in [0.1, 0.15) is 44.7 Å². The molecule has 0 spiro atoms. The van der Waals surface area contributed by atoms with Crippen molar-refractivity contribution in [3.05, 3.63) is 29.3 Å². The number of esters is 1. The molecule has 2 rings (SSSR count). The highest BCUT2D eigenvalue weighted by Gasteiger charge is 2.60. The minimum absolute atomic E-state index is 0.0108. The van der Waals surface area contributed by atoms with E-state index in [2.05, 4.69) is 10.1 Å². The van der Waals surface area contributed by atoms with Crippen LogP contribution in [0.25, 0.3) is 0 Å². The number of nitrogens with one attached hydrogen (secondary N) is 1. The summed E-state index contributed by atoms with van der Waals surface area (Å²) >= 11 is 0. The number of anilines is 1. The van der Waals surface area contributed by atoms with Gasteiger partial charge in [0.15, 0.2) is 0 Å². The van der Waals surface area contributed by atoms with Gasteiger partial charge in [-0.05, 0) is 44.9 Å². The van der Waals surface area contributed by atoms with Crippen LogP contribution < -0.4 is 5.32 Å². The Morgan fingerprint density at radius 1 is 0.925 bits per heavy atom. The summed E-state index contributed by atoms with van der Waals surface area (Å²) in [7, 11) is 0. The van der Waals surface area contributed by atoms with Gasteiger partial charge in [0.25, 0.3) is 6.10 Å². The van der Waals surface area contributed by atoms with Crippen LogP contribution in [-0.4, -0.2) is 78.6 Å². The van der Waals surface area contributed by atoms with E-state index >= 15 is 0 Å². The number of alkyl halides is 9. The number of ether oxygens (including phenoxy) is 2. The maximum Gasteiger partial charge on any atom is 0.434 e. The van der Waals surface area contributed by atoms with Crippen molar-refractivity contribution in [1.82, 2.24) is 9.80 Å². The summed E-state index contributed by atoms with van der Waals surface area (Å²) in [6.07, 6.45) is -22.0. The molecular weight excluding hydrogens is 565 g/mol. The van der Waals surface area contributed by atoms with Gasteiger partial charge >= 0.3 is 30.6 Å². The fourth-order valence-corrected chi connectivity index (χ4v) is 3.73. The van der Waals surface area contributed by atoms with Gasteiger partial charge in [0.2, 0.25) is 0 Å². The van der Waals surface area contributed by atoms with E-state index < -0.39 is 47.9 Å². The monoisotopic (exact) mass is 595 g/mol. The van der Waals surface area contributed by atoms with Crippen molar-refractivity contribution in [2.24, 2.45) is 0 Å². The number of halogens is 9. The molecule has 228 valence electrons. The van der Waals surface area contributed by atoms with Crippen LogP contribution in [0.4, 0.5) is 50.0 Å². The first kappa shape index (κ1) is 33.3. The molecule has 1 N–H and O–H groups in total. The van der Waals surface area contributed by atoms with Gasteiger partial charge in [0.1, 0.15) is 5.60 Å². The van der Waals surface area contributed by atoms with E-state index in [1.165, 1.54) is 6.07 Å². The van der Waals surface area contributed by atoms with E-state index in [1.54, 1.807) is 25.7 Å². The second kappa shape index (κ2) is 12.7. The third kappa shape index (κ3) is 10.6. The zero-order valence-corrected chi connectivity index (χ0v) is 21.9. The summed E-state index contributed by atoms with van der Waals surface area (Å²) in [6, 6.07) is 3.03. The third-order valence-corrected chi connectivity index (χ3v) is 5.57. The van der Waals surface area contributed by atoms with Gasteiger partial charge in [-0.1, -0.05) is 6.07 Å². The average Bonchev–Trinajstić information content (AvgIpc) is 2.78. The lowest BCUT2D eigenvalue weighted by Crippen LogP contribution is -2.52. The highest BCUT2D eigenvalue weighted by Crippen LogP contribution is 2.36. The molecule has 40 heavy (non-hydrogen) atoms. The molecular formula is C24H30F9N3O4. The molecule has 0 atom stereocenters. The van der Waals surface area contributed by atoms with Crippen LogP contribution in [0.5, 0.6) is 0 Å². The Morgan fingerprint density at radius 3 is 2.00 bits per heavy atom. The smallest absolute Gasteiger partial charge is 0.434 e. The number of rotatable bonds is 8. The quantitative estimate of drug-likeness (QED) is 0.226. The average molecular weight is 596 g/mol. The molecule has 0 radical (unpaired) electrons. The lowest BCUT2D eigenvalue weighted by Gasteiger charge is -2.35. The number of carbonyl (C=O) groups is 2. The molecule has 0 aliphatic carbocycles. The largest absolute Gasteiger partial charge is 0.460 e. The van der Waals surface area contributed by atoms with Crippen LogP contribution >= 0.6 is 0 Å². The first-order chi connectivity index (χ1) is 18.2. The molecule has 1 saturated heterocycles. The molecule has 1 aliphatic rings. The van der Waals surface area contributed by atoms with E-state index in [0.717, 1.165) is 12.1 Å². The van der Waals surface area contributed by atoms with Gasteiger partial charge in [-0.2, -0.15) is 39.5 Å². The van der Waals surface area contributed by atoms with Crippen molar-refractivity contribution in [3.63, 3.8) is 0 Å². The van der Waals surface area contributed by atoms with Crippen LogP contribution in [0, 0.1) is 0 Å². The van der Waals surface area contributed by atoms with Crippen molar-refractivity contribution in [2.45, 2.75) is 70.4 Å². The molecule has 1 aromatic carbocycles. The van der Waals surface area contributed by atoms with Gasteiger partial charge in [0, 0.05) is 51.4 Å². The number of piperazine rings is 1. The molecule has 1 aliphatic heterocycles. The second-order valence-electron chi connectivity index (χ2n) is 10.1. The highest BCUT2D eigenvalue weighted by molar-refractivity contribution is 5.70. The maximum atomic E-state index is 13.3. The van der Waals surface area contributed by atoms with E-state index in [0.29, 0.717) is 10.5 Å². The molecule has 0 bridgehead atoms. The SMILES string of the molecule is CC(C)(C)OC(=O)CCCNc1cc(C(F)(F)F)ccc1CN1CCN(C(=O)OC(C(F)(F)F)C(F)(F)F)CC1. The van der Waals surface area contributed by atoms with Crippen LogP contribution in [-0.2, 0) is 27.0 Å². The lowest BCUT2D eigenvalue weighted by molar-refractivity contribution is -0.308. The van der Waals surface area contributed by atoms with Gasteiger partial charge in [-0.15, -0.1) is 0 Å². The molecule has 1 aromatic rings. The predicted molar refractivity (Wildman–Crippen MR) is 124 cm³/mol.